The molecule has 0 heterocycles. The Hall–Kier alpha value is -1.38. The number of carbonyl (C=O) groups is 1. The maximum atomic E-state index is 11.0. The molecule has 0 unspecified atom stereocenters. The smallest absolute Gasteiger partial charge is 0.318 e. The van der Waals surface area contributed by atoms with Gasteiger partial charge in [-0.25, -0.2) is 4.79 Å². The molecule has 0 aromatic heterocycles. The van der Waals surface area contributed by atoms with Gasteiger partial charge in [0.15, 0.2) is 0 Å². The van der Waals surface area contributed by atoms with Gasteiger partial charge < -0.3 is 4.84 Å². The lowest BCUT2D eigenvalue weighted by molar-refractivity contribution is -0.143. The van der Waals surface area contributed by atoms with E-state index in [0.717, 1.165) is 19.3 Å². The number of nitrogens with zero attached hydrogens (tertiary/aromatic N) is 1. The van der Waals surface area contributed by atoms with Crippen LogP contribution in [0.25, 0.3) is 0 Å². The minimum atomic E-state index is -0.278. The van der Waals surface area contributed by atoms with Crippen LogP contribution in [0, 0.1) is 0 Å². The van der Waals surface area contributed by atoms with Gasteiger partial charge in [-0.15, -0.1) is 0 Å². The van der Waals surface area contributed by atoms with Crippen LogP contribution in [0.2, 0.25) is 0 Å². The fourth-order valence-corrected chi connectivity index (χ4v) is 1.17. The third kappa shape index (κ3) is 10.9. The van der Waals surface area contributed by atoms with Crippen LogP contribution >= 0.6 is 0 Å². The SMILES string of the molecule is CCCC(=O)ON=CC=C(C)CCC=C(C)C. The van der Waals surface area contributed by atoms with Crippen molar-refractivity contribution < 1.29 is 9.63 Å². The van der Waals surface area contributed by atoms with Gasteiger partial charge in [0, 0.05) is 6.42 Å². The zero-order chi connectivity index (χ0) is 13.1. The van der Waals surface area contributed by atoms with E-state index in [1.54, 1.807) is 0 Å². The number of carbonyl (C=O) groups excluding carboxylic acids is 1. The highest BCUT2D eigenvalue weighted by atomic mass is 16.7. The van der Waals surface area contributed by atoms with Crippen LogP contribution < -0.4 is 0 Å². The van der Waals surface area contributed by atoms with Crippen molar-refractivity contribution in [1.29, 1.82) is 0 Å². The van der Waals surface area contributed by atoms with E-state index in [0.29, 0.717) is 6.42 Å². The summed E-state index contributed by atoms with van der Waals surface area (Å²) < 4.78 is 0. The van der Waals surface area contributed by atoms with Crippen molar-refractivity contribution in [2.45, 2.75) is 53.4 Å². The van der Waals surface area contributed by atoms with Crippen LogP contribution in [-0.4, -0.2) is 12.2 Å². The third-order valence-electron chi connectivity index (χ3n) is 2.12. The fraction of sp³-hybridized carbons (Fsp3) is 0.571. The van der Waals surface area contributed by atoms with E-state index >= 15 is 0 Å². The molecule has 0 aromatic carbocycles. The summed E-state index contributed by atoms with van der Waals surface area (Å²) in [6.45, 7) is 8.15. The lowest BCUT2D eigenvalue weighted by atomic mass is 10.1. The molecule has 0 saturated heterocycles. The highest BCUT2D eigenvalue weighted by Gasteiger charge is 1.97. The van der Waals surface area contributed by atoms with Crippen LogP contribution in [0.1, 0.15) is 53.4 Å². The quantitative estimate of drug-likeness (QED) is 0.290. The van der Waals surface area contributed by atoms with Gasteiger partial charge in [0.1, 0.15) is 0 Å². The first-order valence-electron chi connectivity index (χ1n) is 6.08. The van der Waals surface area contributed by atoms with Crippen LogP contribution in [0.3, 0.4) is 0 Å². The number of hydrogen-bond donors (Lipinski definition) is 0. The van der Waals surface area contributed by atoms with Crippen molar-refractivity contribution >= 4 is 12.2 Å². The summed E-state index contributed by atoms with van der Waals surface area (Å²) in [6.07, 6.45) is 8.85. The van der Waals surface area contributed by atoms with Gasteiger partial charge in [0.25, 0.3) is 0 Å². The van der Waals surface area contributed by atoms with E-state index in [2.05, 4.69) is 29.9 Å². The molecule has 0 aromatic rings. The first-order chi connectivity index (χ1) is 8.06. The van der Waals surface area contributed by atoms with E-state index < -0.39 is 0 Å². The molecule has 0 amide bonds. The molecule has 3 nitrogen and oxygen atoms in total. The first-order valence-corrected chi connectivity index (χ1v) is 6.08. The fourth-order valence-electron chi connectivity index (χ4n) is 1.17. The zero-order valence-corrected chi connectivity index (χ0v) is 11.3. The molecule has 3 heteroatoms. The molecule has 0 saturated carbocycles. The Labute approximate surface area is 104 Å². The summed E-state index contributed by atoms with van der Waals surface area (Å²) in [5, 5.41) is 3.61. The Kier molecular flexibility index (Phi) is 9.02. The number of oxime groups is 1. The molecular formula is C14H23NO2. The van der Waals surface area contributed by atoms with Crippen molar-refractivity contribution in [2.75, 3.05) is 0 Å². The molecule has 96 valence electrons. The summed E-state index contributed by atoms with van der Waals surface area (Å²) in [4.78, 5) is 15.6. The molecule has 17 heavy (non-hydrogen) atoms. The molecule has 0 N–H and O–H groups in total. The van der Waals surface area contributed by atoms with Gasteiger partial charge in [-0.3, -0.25) is 0 Å². The van der Waals surface area contributed by atoms with Gasteiger partial charge in [0.05, 0.1) is 6.21 Å². The van der Waals surface area contributed by atoms with Crippen LogP contribution in [0.5, 0.6) is 0 Å². The Balaban J connectivity index is 3.86. The maximum absolute atomic E-state index is 11.0. The second-order valence-corrected chi connectivity index (χ2v) is 4.30. The average molecular weight is 237 g/mol. The molecule has 0 aliphatic rings. The third-order valence-corrected chi connectivity index (χ3v) is 2.12. The van der Waals surface area contributed by atoms with Crippen molar-refractivity contribution in [3.05, 3.63) is 23.3 Å². The summed E-state index contributed by atoms with van der Waals surface area (Å²) >= 11 is 0. The Morgan fingerprint density at radius 3 is 2.53 bits per heavy atom. The van der Waals surface area contributed by atoms with Gasteiger partial charge in [-0.1, -0.05) is 29.3 Å². The number of rotatable bonds is 7. The molecule has 0 aliphatic heterocycles. The average Bonchev–Trinajstić information content (AvgIpc) is 2.24. The first kappa shape index (κ1) is 15.6. The predicted octanol–water partition coefficient (Wildman–Crippen LogP) is 4.01. The van der Waals surface area contributed by atoms with E-state index in [1.807, 2.05) is 19.9 Å². The van der Waals surface area contributed by atoms with Gasteiger partial charge in [-0.2, -0.15) is 0 Å². The summed E-state index contributed by atoms with van der Waals surface area (Å²) in [7, 11) is 0. The molecule has 0 bridgehead atoms. The standard InChI is InChI=1S/C14H23NO2/c1-5-7-14(16)17-15-11-10-13(4)9-6-8-12(2)3/h8,10-11H,5-7,9H2,1-4H3. The minimum Gasteiger partial charge on any atom is -0.318 e. The normalized spacial score (nSPS) is 11.6. The van der Waals surface area contributed by atoms with Crippen LogP contribution in [0.4, 0.5) is 0 Å². The van der Waals surface area contributed by atoms with Crippen molar-refractivity contribution in [3.8, 4) is 0 Å². The molecule has 0 aliphatic carbocycles. The Morgan fingerprint density at radius 2 is 1.94 bits per heavy atom. The van der Waals surface area contributed by atoms with Crippen molar-refractivity contribution in [3.63, 3.8) is 0 Å². The Bertz CT molecular complexity index is 310. The lowest BCUT2D eigenvalue weighted by Gasteiger charge is -1.96. The van der Waals surface area contributed by atoms with Crippen LogP contribution in [-0.2, 0) is 9.63 Å². The molecule has 0 atom stereocenters. The van der Waals surface area contributed by atoms with E-state index in [1.165, 1.54) is 17.4 Å². The second kappa shape index (κ2) is 9.82. The van der Waals surface area contributed by atoms with Crippen LogP contribution in [0.15, 0.2) is 28.5 Å². The van der Waals surface area contributed by atoms with E-state index in [-0.39, 0.29) is 5.97 Å². The van der Waals surface area contributed by atoms with Crippen molar-refractivity contribution in [2.24, 2.45) is 5.16 Å². The zero-order valence-electron chi connectivity index (χ0n) is 11.3. The Morgan fingerprint density at radius 1 is 1.24 bits per heavy atom. The van der Waals surface area contributed by atoms with Gasteiger partial charge in [-0.05, 0) is 46.1 Å². The molecule has 0 spiro atoms. The van der Waals surface area contributed by atoms with E-state index in [4.69, 9.17) is 0 Å². The van der Waals surface area contributed by atoms with Gasteiger partial charge >= 0.3 is 5.97 Å². The van der Waals surface area contributed by atoms with Gasteiger partial charge in [0.2, 0.25) is 0 Å². The molecule has 0 rings (SSSR count). The highest BCUT2D eigenvalue weighted by Crippen LogP contribution is 2.05. The largest absolute Gasteiger partial charge is 0.335 e. The second-order valence-electron chi connectivity index (χ2n) is 4.30. The lowest BCUT2D eigenvalue weighted by Crippen LogP contribution is -1.97. The molecule has 0 radical (unpaired) electrons. The topological polar surface area (TPSA) is 38.7 Å². The number of allylic oxidation sites excluding steroid dienone is 4. The predicted molar refractivity (Wildman–Crippen MR) is 71.9 cm³/mol. The molecular weight excluding hydrogens is 214 g/mol. The van der Waals surface area contributed by atoms with Crippen molar-refractivity contribution in [1.82, 2.24) is 0 Å². The van der Waals surface area contributed by atoms with E-state index in [9.17, 15) is 4.79 Å². The maximum Gasteiger partial charge on any atom is 0.335 e. The molecule has 0 fully saturated rings. The number of hydrogen-bond acceptors (Lipinski definition) is 3. The highest BCUT2D eigenvalue weighted by molar-refractivity contribution is 5.74. The summed E-state index contributed by atoms with van der Waals surface area (Å²) in [5.41, 5.74) is 2.55. The monoisotopic (exact) mass is 237 g/mol. The minimum absolute atomic E-state index is 0.278. The summed E-state index contributed by atoms with van der Waals surface area (Å²) in [5.74, 6) is -0.278. The summed E-state index contributed by atoms with van der Waals surface area (Å²) in [6, 6.07) is 0.